The second-order valence-electron chi connectivity index (χ2n) is 4.79. The van der Waals surface area contributed by atoms with Crippen molar-refractivity contribution in [2.24, 2.45) is 5.92 Å². The smallest absolute Gasteiger partial charge is 0.251 e. The predicted octanol–water partition coefficient (Wildman–Crippen LogP) is 3.35. The Morgan fingerprint density at radius 3 is 2.89 bits per heavy atom. The highest BCUT2D eigenvalue weighted by Crippen LogP contribution is 2.25. The van der Waals surface area contributed by atoms with Crippen molar-refractivity contribution in [3.05, 3.63) is 35.6 Å². The Morgan fingerprint density at radius 1 is 1.39 bits per heavy atom. The van der Waals surface area contributed by atoms with Gasteiger partial charge in [0.2, 0.25) is 0 Å². The summed E-state index contributed by atoms with van der Waals surface area (Å²) in [5, 5.41) is 2.97. The van der Waals surface area contributed by atoms with Crippen molar-refractivity contribution in [2.45, 2.75) is 31.7 Å². The van der Waals surface area contributed by atoms with Crippen LogP contribution in [0.4, 0.5) is 4.39 Å². The summed E-state index contributed by atoms with van der Waals surface area (Å²) < 4.78 is 13.0. The van der Waals surface area contributed by atoms with E-state index < -0.39 is 0 Å². The van der Waals surface area contributed by atoms with Crippen LogP contribution in [0.1, 0.15) is 36.0 Å². The second kappa shape index (κ2) is 6.19. The van der Waals surface area contributed by atoms with Gasteiger partial charge in [-0.15, -0.1) is 11.6 Å². The summed E-state index contributed by atoms with van der Waals surface area (Å²) >= 11 is 5.92. The number of halogens is 2. The fourth-order valence-corrected chi connectivity index (χ4v) is 2.83. The van der Waals surface area contributed by atoms with Crippen LogP contribution < -0.4 is 5.32 Å². The highest BCUT2D eigenvalue weighted by atomic mass is 35.5. The van der Waals surface area contributed by atoms with Crippen LogP contribution in [0.2, 0.25) is 0 Å². The molecule has 1 aliphatic carbocycles. The Balaban J connectivity index is 2.02. The molecule has 0 radical (unpaired) electrons. The van der Waals surface area contributed by atoms with E-state index in [4.69, 9.17) is 11.6 Å². The number of rotatable bonds is 3. The number of carbonyl (C=O) groups excluding carboxylic acids is 1. The van der Waals surface area contributed by atoms with E-state index in [0.29, 0.717) is 17.4 Å². The highest BCUT2D eigenvalue weighted by molar-refractivity contribution is 6.18. The molecular weight excluding hydrogens is 253 g/mol. The van der Waals surface area contributed by atoms with E-state index in [-0.39, 0.29) is 17.8 Å². The first-order valence-electron chi connectivity index (χ1n) is 6.33. The lowest BCUT2D eigenvalue weighted by Crippen LogP contribution is -2.42. The zero-order chi connectivity index (χ0) is 13.0. The van der Waals surface area contributed by atoms with Gasteiger partial charge >= 0.3 is 0 Å². The Labute approximate surface area is 112 Å². The van der Waals surface area contributed by atoms with E-state index in [9.17, 15) is 9.18 Å². The van der Waals surface area contributed by atoms with Crippen LogP contribution in [-0.4, -0.2) is 17.8 Å². The van der Waals surface area contributed by atoms with Gasteiger partial charge in [0.1, 0.15) is 5.82 Å². The van der Waals surface area contributed by atoms with Crippen molar-refractivity contribution in [1.82, 2.24) is 5.32 Å². The molecule has 0 aliphatic heterocycles. The Morgan fingerprint density at radius 2 is 2.17 bits per heavy atom. The van der Waals surface area contributed by atoms with Gasteiger partial charge < -0.3 is 5.32 Å². The minimum atomic E-state index is -0.389. The Hall–Kier alpha value is -1.09. The quantitative estimate of drug-likeness (QED) is 0.838. The molecule has 98 valence electrons. The average Bonchev–Trinajstić information content (AvgIpc) is 2.39. The maximum Gasteiger partial charge on any atom is 0.251 e. The number of nitrogens with one attached hydrogen (secondary N) is 1. The summed E-state index contributed by atoms with van der Waals surface area (Å²) in [4.78, 5) is 12.0. The van der Waals surface area contributed by atoms with Gasteiger partial charge in [-0.3, -0.25) is 4.79 Å². The molecule has 1 aromatic rings. The van der Waals surface area contributed by atoms with Gasteiger partial charge in [-0.1, -0.05) is 18.9 Å². The standard InChI is InChI=1S/C14H17ClFNO/c15-9-11-4-1-2-7-13(11)17-14(18)10-5-3-6-12(16)8-10/h3,5-6,8,11,13H,1-2,4,7,9H2,(H,17,18). The number of amides is 1. The molecule has 1 N–H and O–H groups in total. The van der Waals surface area contributed by atoms with Crippen molar-refractivity contribution < 1.29 is 9.18 Å². The minimum Gasteiger partial charge on any atom is -0.349 e. The first-order chi connectivity index (χ1) is 8.70. The molecule has 1 fully saturated rings. The van der Waals surface area contributed by atoms with E-state index in [1.54, 1.807) is 12.1 Å². The summed E-state index contributed by atoms with van der Waals surface area (Å²) in [5.41, 5.74) is 0.369. The van der Waals surface area contributed by atoms with Crippen molar-refractivity contribution in [3.8, 4) is 0 Å². The molecular formula is C14H17ClFNO. The first-order valence-corrected chi connectivity index (χ1v) is 6.86. The van der Waals surface area contributed by atoms with E-state index in [1.165, 1.54) is 18.6 Å². The third-order valence-corrected chi connectivity index (χ3v) is 3.91. The normalized spacial score (nSPS) is 23.7. The lowest BCUT2D eigenvalue weighted by atomic mass is 9.85. The molecule has 1 aliphatic rings. The summed E-state index contributed by atoms with van der Waals surface area (Å²) in [6, 6.07) is 5.88. The van der Waals surface area contributed by atoms with Gasteiger partial charge in [0.15, 0.2) is 0 Å². The Kier molecular flexibility index (Phi) is 4.59. The number of hydrogen-bond donors (Lipinski definition) is 1. The van der Waals surface area contributed by atoms with E-state index in [1.807, 2.05) is 0 Å². The van der Waals surface area contributed by atoms with E-state index >= 15 is 0 Å². The van der Waals surface area contributed by atoms with Crippen LogP contribution in [0.5, 0.6) is 0 Å². The van der Waals surface area contributed by atoms with Crippen LogP contribution in [-0.2, 0) is 0 Å². The molecule has 0 spiro atoms. The molecule has 0 heterocycles. The van der Waals surface area contributed by atoms with E-state index in [0.717, 1.165) is 19.3 Å². The molecule has 2 rings (SSSR count). The van der Waals surface area contributed by atoms with Gasteiger partial charge in [-0.05, 0) is 37.0 Å². The van der Waals surface area contributed by atoms with Crippen LogP contribution in [0, 0.1) is 11.7 Å². The maximum atomic E-state index is 13.0. The van der Waals surface area contributed by atoms with Gasteiger partial charge in [-0.25, -0.2) is 4.39 Å². The molecule has 0 bridgehead atoms. The van der Waals surface area contributed by atoms with Crippen LogP contribution >= 0.6 is 11.6 Å². The van der Waals surface area contributed by atoms with Crippen LogP contribution in [0.3, 0.4) is 0 Å². The number of hydrogen-bond acceptors (Lipinski definition) is 1. The molecule has 0 saturated heterocycles. The SMILES string of the molecule is O=C(NC1CCCCC1CCl)c1cccc(F)c1. The molecule has 4 heteroatoms. The molecule has 2 unspecified atom stereocenters. The van der Waals surface area contributed by atoms with Crippen molar-refractivity contribution >= 4 is 17.5 Å². The van der Waals surface area contributed by atoms with Crippen LogP contribution in [0.15, 0.2) is 24.3 Å². The zero-order valence-electron chi connectivity index (χ0n) is 10.2. The average molecular weight is 270 g/mol. The van der Waals surface area contributed by atoms with E-state index in [2.05, 4.69) is 5.32 Å². The van der Waals surface area contributed by atoms with Gasteiger partial charge in [0.05, 0.1) is 0 Å². The lowest BCUT2D eigenvalue weighted by molar-refractivity contribution is 0.0910. The third kappa shape index (κ3) is 3.22. The lowest BCUT2D eigenvalue weighted by Gasteiger charge is -2.30. The molecule has 0 aromatic heterocycles. The topological polar surface area (TPSA) is 29.1 Å². The van der Waals surface area contributed by atoms with Gasteiger partial charge in [0.25, 0.3) is 5.91 Å². The number of benzene rings is 1. The molecule has 18 heavy (non-hydrogen) atoms. The largest absolute Gasteiger partial charge is 0.349 e. The fourth-order valence-electron chi connectivity index (χ4n) is 2.46. The van der Waals surface area contributed by atoms with Crippen LogP contribution in [0.25, 0.3) is 0 Å². The molecule has 1 aromatic carbocycles. The predicted molar refractivity (Wildman–Crippen MR) is 70.3 cm³/mol. The fraction of sp³-hybridized carbons (Fsp3) is 0.500. The maximum absolute atomic E-state index is 13.0. The number of alkyl halides is 1. The second-order valence-corrected chi connectivity index (χ2v) is 5.10. The molecule has 2 nitrogen and oxygen atoms in total. The zero-order valence-corrected chi connectivity index (χ0v) is 10.9. The molecule has 2 atom stereocenters. The van der Waals surface area contributed by atoms with Gasteiger partial charge in [0, 0.05) is 17.5 Å². The first kappa shape index (κ1) is 13.3. The van der Waals surface area contributed by atoms with Gasteiger partial charge in [-0.2, -0.15) is 0 Å². The third-order valence-electron chi connectivity index (χ3n) is 3.51. The number of carbonyl (C=O) groups is 1. The summed E-state index contributed by atoms with van der Waals surface area (Å²) in [6.07, 6.45) is 4.29. The van der Waals surface area contributed by atoms with Crippen molar-refractivity contribution in [3.63, 3.8) is 0 Å². The highest BCUT2D eigenvalue weighted by Gasteiger charge is 2.26. The van der Waals surface area contributed by atoms with Crippen molar-refractivity contribution in [2.75, 3.05) is 5.88 Å². The summed E-state index contributed by atoms with van der Waals surface area (Å²) in [5.74, 6) is 0.295. The summed E-state index contributed by atoms with van der Waals surface area (Å²) in [6.45, 7) is 0. The molecule has 1 amide bonds. The monoisotopic (exact) mass is 269 g/mol. The van der Waals surface area contributed by atoms with Crippen molar-refractivity contribution in [1.29, 1.82) is 0 Å². The minimum absolute atomic E-state index is 0.118. The summed E-state index contributed by atoms with van der Waals surface area (Å²) in [7, 11) is 0. The Bertz CT molecular complexity index is 424. The molecule has 1 saturated carbocycles.